The highest BCUT2D eigenvalue weighted by atomic mass is 16.6. The van der Waals surface area contributed by atoms with Crippen LogP contribution in [0.25, 0.3) is 0 Å². The van der Waals surface area contributed by atoms with Crippen LogP contribution in [0, 0.1) is 0 Å². The zero-order valence-corrected chi connectivity index (χ0v) is 14.9. The summed E-state index contributed by atoms with van der Waals surface area (Å²) in [6, 6.07) is 7.35. The molecular formula is C18H28N2O4. The molecule has 0 bridgehead atoms. The van der Waals surface area contributed by atoms with E-state index in [1.807, 2.05) is 39.0 Å². The molecule has 1 aromatic rings. The molecule has 1 unspecified atom stereocenters. The molecule has 1 aromatic carbocycles. The lowest BCUT2D eigenvalue weighted by Gasteiger charge is -2.22. The summed E-state index contributed by atoms with van der Waals surface area (Å²) < 4.78 is 10.3. The number of amides is 1. The number of carbonyl (C=O) groups excluding carboxylic acids is 2. The van der Waals surface area contributed by atoms with E-state index in [9.17, 15) is 9.59 Å². The molecule has 1 amide bonds. The highest BCUT2D eigenvalue weighted by molar-refractivity contribution is 5.84. The number of hydrogen-bond acceptors (Lipinski definition) is 5. The summed E-state index contributed by atoms with van der Waals surface area (Å²) in [6.07, 6.45) is 0.400. The third-order valence-corrected chi connectivity index (χ3v) is 3.23. The first-order valence-electron chi connectivity index (χ1n) is 8.20. The van der Waals surface area contributed by atoms with Gasteiger partial charge in [-0.05, 0) is 64.3 Å². The van der Waals surface area contributed by atoms with Crippen molar-refractivity contribution in [2.45, 2.75) is 52.1 Å². The van der Waals surface area contributed by atoms with Crippen LogP contribution in [0.5, 0.6) is 0 Å². The number of rotatable bonds is 7. The molecule has 0 saturated heterocycles. The molecule has 6 heteroatoms. The largest absolute Gasteiger partial charge is 0.460 e. The average molecular weight is 336 g/mol. The van der Waals surface area contributed by atoms with Gasteiger partial charge in [0.1, 0.15) is 5.60 Å². The van der Waals surface area contributed by atoms with E-state index in [-0.39, 0.29) is 18.3 Å². The Morgan fingerprint density at radius 2 is 2.00 bits per heavy atom. The third-order valence-electron chi connectivity index (χ3n) is 3.23. The highest BCUT2D eigenvalue weighted by Gasteiger charge is 2.21. The van der Waals surface area contributed by atoms with Crippen molar-refractivity contribution in [2.24, 2.45) is 5.73 Å². The molecule has 0 aliphatic rings. The Bertz CT molecular complexity index is 552. The Morgan fingerprint density at radius 3 is 2.58 bits per heavy atom. The van der Waals surface area contributed by atoms with Crippen LogP contribution < -0.4 is 11.1 Å². The number of esters is 1. The maximum atomic E-state index is 12.1. The second-order valence-electron chi connectivity index (χ2n) is 6.54. The molecule has 1 atom stereocenters. The van der Waals surface area contributed by atoms with Crippen molar-refractivity contribution >= 4 is 17.7 Å². The monoisotopic (exact) mass is 336 g/mol. The predicted molar refractivity (Wildman–Crippen MR) is 94.0 cm³/mol. The van der Waals surface area contributed by atoms with Gasteiger partial charge in [0, 0.05) is 5.69 Å². The fourth-order valence-electron chi connectivity index (χ4n) is 2.33. The molecule has 0 radical (unpaired) electrons. The zero-order valence-electron chi connectivity index (χ0n) is 14.9. The van der Waals surface area contributed by atoms with Gasteiger partial charge in [-0.25, -0.2) is 4.79 Å². The van der Waals surface area contributed by atoms with E-state index < -0.39 is 11.7 Å². The van der Waals surface area contributed by atoms with Crippen LogP contribution in [0.1, 0.15) is 52.0 Å². The molecule has 0 spiro atoms. The lowest BCUT2D eigenvalue weighted by Crippen LogP contribution is -2.25. The van der Waals surface area contributed by atoms with Gasteiger partial charge < -0.3 is 15.2 Å². The molecule has 0 aliphatic heterocycles. The Hall–Kier alpha value is -2.08. The zero-order chi connectivity index (χ0) is 18.2. The molecule has 3 N–H and O–H groups in total. The van der Waals surface area contributed by atoms with Gasteiger partial charge in [0.05, 0.1) is 13.0 Å². The van der Waals surface area contributed by atoms with E-state index >= 15 is 0 Å². The molecule has 24 heavy (non-hydrogen) atoms. The van der Waals surface area contributed by atoms with Gasteiger partial charge in [-0.3, -0.25) is 10.1 Å². The van der Waals surface area contributed by atoms with Crippen molar-refractivity contribution in [3.05, 3.63) is 29.8 Å². The number of ether oxygens (including phenoxy) is 2. The van der Waals surface area contributed by atoms with Crippen LogP contribution in [0.4, 0.5) is 10.5 Å². The van der Waals surface area contributed by atoms with Crippen molar-refractivity contribution in [1.29, 1.82) is 0 Å². The summed E-state index contributed by atoms with van der Waals surface area (Å²) in [4.78, 5) is 23.6. The normalized spacial score (nSPS) is 12.4. The van der Waals surface area contributed by atoms with E-state index in [0.717, 1.165) is 5.56 Å². The van der Waals surface area contributed by atoms with Gasteiger partial charge in [-0.1, -0.05) is 12.1 Å². The summed E-state index contributed by atoms with van der Waals surface area (Å²) in [6.45, 7) is 8.03. The van der Waals surface area contributed by atoms with Gasteiger partial charge in [-0.15, -0.1) is 0 Å². The molecule has 1 rings (SSSR count). The van der Waals surface area contributed by atoms with Gasteiger partial charge in [0.25, 0.3) is 0 Å². The first-order valence-corrected chi connectivity index (χ1v) is 8.20. The maximum Gasteiger partial charge on any atom is 0.411 e. The minimum Gasteiger partial charge on any atom is -0.460 e. The molecule has 0 fully saturated rings. The van der Waals surface area contributed by atoms with Crippen LogP contribution in [0.2, 0.25) is 0 Å². The lowest BCUT2D eigenvalue weighted by molar-refractivity contribution is -0.155. The maximum absolute atomic E-state index is 12.1. The van der Waals surface area contributed by atoms with Gasteiger partial charge in [0.15, 0.2) is 0 Å². The number of nitrogens with two attached hydrogens (primary N) is 1. The number of anilines is 1. The van der Waals surface area contributed by atoms with Crippen molar-refractivity contribution in [3.63, 3.8) is 0 Å². The van der Waals surface area contributed by atoms with E-state index in [2.05, 4.69) is 5.32 Å². The van der Waals surface area contributed by atoms with E-state index in [1.165, 1.54) is 0 Å². The average Bonchev–Trinajstić information content (AvgIpc) is 2.45. The number of benzene rings is 1. The number of hydrogen-bond donors (Lipinski definition) is 2. The Balaban J connectivity index is 2.84. The molecule has 6 nitrogen and oxygen atoms in total. The molecule has 0 aliphatic carbocycles. The van der Waals surface area contributed by atoms with Crippen molar-refractivity contribution in [2.75, 3.05) is 18.5 Å². The van der Waals surface area contributed by atoms with Crippen LogP contribution in [-0.2, 0) is 14.3 Å². The molecule has 0 aromatic heterocycles. The van der Waals surface area contributed by atoms with Crippen molar-refractivity contribution in [3.8, 4) is 0 Å². The first kappa shape index (κ1) is 20.0. The van der Waals surface area contributed by atoms with Crippen LogP contribution >= 0.6 is 0 Å². The van der Waals surface area contributed by atoms with Gasteiger partial charge in [-0.2, -0.15) is 0 Å². The Morgan fingerprint density at radius 1 is 1.29 bits per heavy atom. The smallest absolute Gasteiger partial charge is 0.411 e. The van der Waals surface area contributed by atoms with Crippen molar-refractivity contribution in [1.82, 2.24) is 0 Å². The highest BCUT2D eigenvalue weighted by Crippen LogP contribution is 2.27. The summed E-state index contributed by atoms with van der Waals surface area (Å²) in [5.41, 5.74) is 6.72. The van der Waals surface area contributed by atoms with Crippen LogP contribution in [-0.4, -0.2) is 30.8 Å². The third kappa shape index (κ3) is 7.46. The second kappa shape index (κ2) is 9.27. The molecular weight excluding hydrogens is 308 g/mol. The molecule has 0 saturated carbocycles. The van der Waals surface area contributed by atoms with Crippen molar-refractivity contribution < 1.29 is 19.1 Å². The Labute approximate surface area is 143 Å². The molecule has 0 heterocycles. The topological polar surface area (TPSA) is 90.6 Å². The van der Waals surface area contributed by atoms with Crippen LogP contribution in [0.15, 0.2) is 24.3 Å². The lowest BCUT2D eigenvalue weighted by atomic mass is 9.92. The number of nitrogens with one attached hydrogen (secondary N) is 1. The summed E-state index contributed by atoms with van der Waals surface area (Å²) >= 11 is 0. The minimum atomic E-state index is -0.516. The predicted octanol–water partition coefficient (Wildman–Crippen LogP) is 3.42. The fraction of sp³-hybridized carbons (Fsp3) is 0.556. The van der Waals surface area contributed by atoms with E-state index in [1.54, 1.807) is 13.0 Å². The second-order valence-corrected chi connectivity index (χ2v) is 6.54. The standard InChI is InChI=1S/C18H28N2O4/c1-5-23-17(22)20-15-8-6-7-13(11-15)14(9-10-19)12-16(21)24-18(2,3)4/h6-8,11,14H,5,9-10,12,19H2,1-4H3,(H,20,22). The van der Waals surface area contributed by atoms with E-state index in [4.69, 9.17) is 15.2 Å². The Kier molecular flexibility index (Phi) is 7.71. The number of carbonyl (C=O) groups is 2. The SMILES string of the molecule is CCOC(=O)Nc1cccc(C(CCN)CC(=O)OC(C)(C)C)c1. The first-order chi connectivity index (χ1) is 11.2. The van der Waals surface area contributed by atoms with Gasteiger partial charge in [0.2, 0.25) is 0 Å². The summed E-state index contributed by atoms with van der Waals surface area (Å²) in [5.74, 6) is -0.321. The van der Waals surface area contributed by atoms with Crippen LogP contribution in [0.3, 0.4) is 0 Å². The minimum absolute atomic E-state index is 0.0613. The van der Waals surface area contributed by atoms with Gasteiger partial charge >= 0.3 is 12.1 Å². The van der Waals surface area contributed by atoms with E-state index in [0.29, 0.717) is 25.3 Å². The molecule has 134 valence electrons. The quantitative estimate of drug-likeness (QED) is 0.745. The fourth-order valence-corrected chi connectivity index (χ4v) is 2.33. The summed E-state index contributed by atoms with van der Waals surface area (Å²) in [7, 11) is 0. The summed E-state index contributed by atoms with van der Waals surface area (Å²) in [5, 5.41) is 2.66.